The zero-order valence-electron chi connectivity index (χ0n) is 10.7. The first-order valence-corrected chi connectivity index (χ1v) is 6.71. The van der Waals surface area contributed by atoms with E-state index >= 15 is 0 Å². The van der Waals surface area contributed by atoms with E-state index in [0.29, 0.717) is 6.04 Å². The van der Waals surface area contributed by atoms with Gasteiger partial charge in [0.05, 0.1) is 6.04 Å². The summed E-state index contributed by atoms with van der Waals surface area (Å²) >= 11 is 1.75. The van der Waals surface area contributed by atoms with Crippen LogP contribution in [-0.4, -0.2) is 17.1 Å². The molecule has 92 valence electrons. The molecule has 0 bridgehead atoms. The molecule has 0 aromatic carbocycles. The maximum Gasteiger partial charge on any atom is 0.109 e. The largest absolute Gasteiger partial charge is 0.324 e. The Balaban J connectivity index is 2.43. The van der Waals surface area contributed by atoms with Crippen LogP contribution in [0.25, 0.3) is 0 Å². The molecular formula is C12H23N3S. The molecule has 0 radical (unpaired) electrons. The van der Waals surface area contributed by atoms with Crippen LogP contribution in [0.1, 0.15) is 49.5 Å². The Morgan fingerprint density at radius 2 is 2.31 bits per heavy atom. The van der Waals surface area contributed by atoms with Crippen LogP contribution in [0.3, 0.4) is 0 Å². The van der Waals surface area contributed by atoms with Crippen molar-refractivity contribution in [1.29, 1.82) is 0 Å². The molecule has 0 amide bonds. The molecule has 2 atom stereocenters. The van der Waals surface area contributed by atoms with Crippen molar-refractivity contribution in [2.75, 3.05) is 6.54 Å². The molecule has 0 aliphatic rings. The average molecular weight is 241 g/mol. The number of rotatable bonds is 6. The van der Waals surface area contributed by atoms with Gasteiger partial charge < -0.3 is 11.1 Å². The van der Waals surface area contributed by atoms with Crippen molar-refractivity contribution in [3.63, 3.8) is 0 Å². The summed E-state index contributed by atoms with van der Waals surface area (Å²) in [6, 6.07) is 0.290. The van der Waals surface area contributed by atoms with Crippen LogP contribution in [0.2, 0.25) is 0 Å². The van der Waals surface area contributed by atoms with Crippen LogP contribution in [0.5, 0.6) is 0 Å². The van der Waals surface area contributed by atoms with Crippen LogP contribution >= 0.6 is 11.3 Å². The van der Waals surface area contributed by atoms with Crippen LogP contribution in [-0.2, 0) is 0 Å². The zero-order chi connectivity index (χ0) is 12.2. The quantitative estimate of drug-likeness (QED) is 0.805. The van der Waals surface area contributed by atoms with Crippen LogP contribution in [0.4, 0.5) is 0 Å². The lowest BCUT2D eigenvalue weighted by Gasteiger charge is -2.26. The predicted molar refractivity (Wildman–Crippen MR) is 70.8 cm³/mol. The van der Waals surface area contributed by atoms with Crippen molar-refractivity contribution in [2.45, 2.75) is 52.1 Å². The number of nitrogens with two attached hydrogens (primary N) is 1. The number of thiazole rings is 1. The van der Waals surface area contributed by atoms with Gasteiger partial charge in [-0.15, -0.1) is 11.3 Å². The minimum atomic E-state index is -0.116. The second-order valence-electron chi connectivity index (χ2n) is 4.82. The van der Waals surface area contributed by atoms with Crippen molar-refractivity contribution in [3.8, 4) is 0 Å². The van der Waals surface area contributed by atoms with E-state index in [4.69, 9.17) is 5.73 Å². The van der Waals surface area contributed by atoms with Crippen LogP contribution in [0.15, 0.2) is 6.20 Å². The molecule has 3 N–H and O–H groups in total. The average Bonchev–Trinajstić information content (AvgIpc) is 2.61. The molecule has 16 heavy (non-hydrogen) atoms. The highest BCUT2D eigenvalue weighted by atomic mass is 32.1. The minimum absolute atomic E-state index is 0.116. The van der Waals surface area contributed by atoms with Crippen LogP contribution in [0, 0.1) is 6.92 Å². The summed E-state index contributed by atoms with van der Waals surface area (Å²) < 4.78 is 0. The highest BCUT2D eigenvalue weighted by Crippen LogP contribution is 2.19. The van der Waals surface area contributed by atoms with Gasteiger partial charge in [-0.2, -0.15) is 0 Å². The zero-order valence-corrected chi connectivity index (χ0v) is 11.5. The Morgan fingerprint density at radius 1 is 1.62 bits per heavy atom. The lowest BCUT2D eigenvalue weighted by molar-refractivity contribution is 0.377. The molecule has 1 rings (SSSR count). The Labute approximate surface area is 102 Å². The highest BCUT2D eigenvalue weighted by molar-refractivity contribution is 7.11. The molecule has 0 spiro atoms. The molecular weight excluding hydrogens is 218 g/mol. The Kier molecular flexibility index (Phi) is 4.89. The molecule has 3 nitrogen and oxygen atoms in total. The predicted octanol–water partition coefficient (Wildman–Crippen LogP) is 2.62. The molecule has 1 aromatic heterocycles. The third-order valence-corrected chi connectivity index (χ3v) is 3.74. The van der Waals surface area contributed by atoms with Gasteiger partial charge in [-0.1, -0.05) is 13.3 Å². The third kappa shape index (κ3) is 4.20. The molecule has 0 aliphatic heterocycles. The van der Waals surface area contributed by atoms with E-state index in [1.807, 2.05) is 6.20 Å². The monoisotopic (exact) mass is 241 g/mol. The number of aryl methyl sites for hydroxylation is 1. The lowest BCUT2D eigenvalue weighted by atomic mass is 9.97. The minimum Gasteiger partial charge on any atom is -0.324 e. The van der Waals surface area contributed by atoms with Crippen molar-refractivity contribution < 1.29 is 0 Å². The summed E-state index contributed by atoms with van der Waals surface area (Å²) in [6.45, 7) is 9.32. The molecule has 0 saturated heterocycles. The number of hydrogen-bond acceptors (Lipinski definition) is 4. The second kappa shape index (κ2) is 5.75. The van der Waals surface area contributed by atoms with E-state index in [2.05, 4.69) is 38.0 Å². The van der Waals surface area contributed by atoms with Crippen molar-refractivity contribution >= 4 is 11.3 Å². The molecule has 2 unspecified atom stereocenters. The molecule has 0 aliphatic carbocycles. The third-order valence-electron chi connectivity index (χ3n) is 2.64. The van der Waals surface area contributed by atoms with E-state index in [1.165, 1.54) is 4.88 Å². The van der Waals surface area contributed by atoms with Gasteiger partial charge in [-0.25, -0.2) is 4.98 Å². The fourth-order valence-electron chi connectivity index (χ4n) is 1.71. The number of aromatic nitrogens is 1. The second-order valence-corrected chi connectivity index (χ2v) is 6.08. The van der Waals surface area contributed by atoms with Gasteiger partial charge in [0.25, 0.3) is 0 Å². The standard InChI is InChI=1S/C12H23N3S/c1-5-6-12(4,13)8-15-10(3)11-14-7-9(2)16-11/h7,10,15H,5-6,8,13H2,1-4H3. The summed E-state index contributed by atoms with van der Waals surface area (Å²) in [4.78, 5) is 5.63. The van der Waals surface area contributed by atoms with Gasteiger partial charge in [-0.05, 0) is 27.2 Å². The summed E-state index contributed by atoms with van der Waals surface area (Å²) in [5.74, 6) is 0. The summed E-state index contributed by atoms with van der Waals surface area (Å²) in [5.41, 5.74) is 6.06. The maximum atomic E-state index is 6.18. The molecule has 4 heteroatoms. The van der Waals surface area contributed by atoms with Crippen molar-refractivity contribution in [1.82, 2.24) is 10.3 Å². The fourth-order valence-corrected chi connectivity index (χ4v) is 2.51. The topological polar surface area (TPSA) is 50.9 Å². The van der Waals surface area contributed by atoms with Crippen molar-refractivity contribution in [3.05, 3.63) is 16.1 Å². The van der Waals surface area contributed by atoms with E-state index in [0.717, 1.165) is 24.4 Å². The Morgan fingerprint density at radius 3 is 2.81 bits per heavy atom. The Bertz CT molecular complexity index is 320. The Hall–Kier alpha value is -0.450. The SMILES string of the molecule is CCCC(C)(N)CNC(C)c1ncc(C)s1. The maximum absolute atomic E-state index is 6.18. The molecule has 0 saturated carbocycles. The first kappa shape index (κ1) is 13.6. The number of nitrogens with zero attached hydrogens (tertiary/aromatic N) is 1. The van der Waals surface area contributed by atoms with E-state index in [9.17, 15) is 0 Å². The van der Waals surface area contributed by atoms with E-state index in [1.54, 1.807) is 11.3 Å². The van der Waals surface area contributed by atoms with E-state index < -0.39 is 0 Å². The first-order valence-electron chi connectivity index (χ1n) is 5.89. The molecule has 0 fully saturated rings. The molecule has 1 heterocycles. The van der Waals surface area contributed by atoms with Gasteiger partial charge in [0.15, 0.2) is 0 Å². The normalized spacial score (nSPS) is 17.1. The fraction of sp³-hybridized carbons (Fsp3) is 0.750. The van der Waals surface area contributed by atoms with Gasteiger partial charge in [-0.3, -0.25) is 0 Å². The lowest BCUT2D eigenvalue weighted by Crippen LogP contribution is -2.46. The smallest absolute Gasteiger partial charge is 0.109 e. The summed E-state index contributed by atoms with van der Waals surface area (Å²) in [6.07, 6.45) is 4.09. The molecule has 1 aromatic rings. The van der Waals surface area contributed by atoms with Crippen molar-refractivity contribution in [2.24, 2.45) is 5.73 Å². The van der Waals surface area contributed by atoms with E-state index in [-0.39, 0.29) is 5.54 Å². The number of hydrogen-bond donors (Lipinski definition) is 2. The first-order chi connectivity index (χ1) is 7.44. The summed E-state index contributed by atoms with van der Waals surface area (Å²) in [7, 11) is 0. The van der Waals surface area contributed by atoms with Gasteiger partial charge in [0.2, 0.25) is 0 Å². The number of nitrogens with one attached hydrogen (secondary N) is 1. The van der Waals surface area contributed by atoms with Gasteiger partial charge in [0.1, 0.15) is 5.01 Å². The summed E-state index contributed by atoms with van der Waals surface area (Å²) in [5, 5.41) is 4.60. The highest BCUT2D eigenvalue weighted by Gasteiger charge is 2.19. The van der Waals surface area contributed by atoms with Gasteiger partial charge >= 0.3 is 0 Å². The van der Waals surface area contributed by atoms with Crippen LogP contribution < -0.4 is 11.1 Å². The van der Waals surface area contributed by atoms with Gasteiger partial charge in [0, 0.05) is 23.2 Å².